The summed E-state index contributed by atoms with van der Waals surface area (Å²) in [4.78, 5) is 23.9. The van der Waals surface area contributed by atoms with Gasteiger partial charge in [-0.1, -0.05) is 12.1 Å². The SMILES string of the molecule is COC(=O)/C=C/c1ccc2c(c1)[C@@H](C(=O)OC)[C@@H](c1ccc(O)c(OC)c1)O2. The van der Waals surface area contributed by atoms with E-state index in [1.165, 1.54) is 33.5 Å². The Labute approximate surface area is 162 Å². The van der Waals surface area contributed by atoms with Crippen LogP contribution in [0.2, 0.25) is 0 Å². The Morgan fingerprint density at radius 1 is 1.07 bits per heavy atom. The van der Waals surface area contributed by atoms with Crippen LogP contribution in [0.5, 0.6) is 17.2 Å². The predicted octanol–water partition coefficient (Wildman–Crippen LogP) is 2.98. The monoisotopic (exact) mass is 384 g/mol. The molecule has 0 unspecified atom stereocenters. The van der Waals surface area contributed by atoms with Crippen molar-refractivity contribution in [1.29, 1.82) is 0 Å². The van der Waals surface area contributed by atoms with E-state index >= 15 is 0 Å². The molecule has 0 saturated carbocycles. The summed E-state index contributed by atoms with van der Waals surface area (Å²) in [5, 5.41) is 9.83. The van der Waals surface area contributed by atoms with Gasteiger partial charge < -0.3 is 24.1 Å². The molecule has 0 aliphatic carbocycles. The first-order valence-electron chi connectivity index (χ1n) is 8.49. The minimum atomic E-state index is -0.708. The first-order chi connectivity index (χ1) is 13.5. The van der Waals surface area contributed by atoms with Gasteiger partial charge in [-0.25, -0.2) is 4.79 Å². The smallest absolute Gasteiger partial charge is 0.330 e. The van der Waals surface area contributed by atoms with Crippen molar-refractivity contribution in [2.75, 3.05) is 21.3 Å². The molecule has 0 saturated heterocycles. The number of methoxy groups -OCH3 is 3. The van der Waals surface area contributed by atoms with Crippen LogP contribution in [0.3, 0.4) is 0 Å². The summed E-state index contributed by atoms with van der Waals surface area (Å²) in [7, 11) is 4.06. The topological polar surface area (TPSA) is 91.3 Å². The molecular weight excluding hydrogens is 364 g/mol. The second-order valence-corrected chi connectivity index (χ2v) is 6.12. The normalized spacial score (nSPS) is 17.7. The van der Waals surface area contributed by atoms with Gasteiger partial charge in [-0.05, 0) is 41.5 Å². The van der Waals surface area contributed by atoms with E-state index in [9.17, 15) is 14.7 Å². The fourth-order valence-electron chi connectivity index (χ4n) is 3.13. The largest absolute Gasteiger partial charge is 0.504 e. The number of rotatable bonds is 5. The fourth-order valence-corrected chi connectivity index (χ4v) is 3.13. The van der Waals surface area contributed by atoms with Gasteiger partial charge in [-0.15, -0.1) is 0 Å². The highest BCUT2D eigenvalue weighted by molar-refractivity contribution is 5.87. The molecule has 1 heterocycles. The van der Waals surface area contributed by atoms with Crippen molar-refractivity contribution in [3.8, 4) is 17.2 Å². The number of esters is 2. The highest BCUT2D eigenvalue weighted by Crippen LogP contribution is 2.48. The summed E-state index contributed by atoms with van der Waals surface area (Å²) in [5.41, 5.74) is 2.02. The van der Waals surface area contributed by atoms with Crippen LogP contribution in [-0.2, 0) is 19.1 Å². The van der Waals surface area contributed by atoms with Gasteiger partial charge in [0.15, 0.2) is 11.5 Å². The van der Waals surface area contributed by atoms with Crippen LogP contribution in [0.15, 0.2) is 42.5 Å². The van der Waals surface area contributed by atoms with E-state index in [1.807, 2.05) is 0 Å². The minimum Gasteiger partial charge on any atom is -0.504 e. The molecule has 7 nitrogen and oxygen atoms in total. The van der Waals surface area contributed by atoms with Crippen molar-refractivity contribution < 1.29 is 33.6 Å². The van der Waals surface area contributed by atoms with Crippen LogP contribution in [-0.4, -0.2) is 38.4 Å². The lowest BCUT2D eigenvalue weighted by molar-refractivity contribution is -0.144. The van der Waals surface area contributed by atoms with E-state index in [-0.39, 0.29) is 11.5 Å². The molecule has 0 spiro atoms. The number of phenolic OH excluding ortho intramolecular Hbond substituents is 1. The van der Waals surface area contributed by atoms with Crippen molar-refractivity contribution >= 4 is 18.0 Å². The molecule has 0 amide bonds. The standard InChI is InChI=1S/C21H20O7/c1-25-17-11-13(6-7-15(17)22)20-19(21(24)27-3)14-10-12(4-8-16(14)28-20)5-9-18(23)26-2/h4-11,19-20,22H,1-3H3/b9-5+/t19-,20-/m1/s1. The molecule has 0 fully saturated rings. The highest BCUT2D eigenvalue weighted by Gasteiger charge is 2.41. The Bertz CT molecular complexity index is 932. The number of ether oxygens (including phenoxy) is 4. The van der Waals surface area contributed by atoms with Gasteiger partial charge >= 0.3 is 11.9 Å². The minimum absolute atomic E-state index is 0.00777. The number of hydrogen-bond donors (Lipinski definition) is 1. The lowest BCUT2D eigenvalue weighted by Gasteiger charge is -2.18. The zero-order valence-electron chi connectivity index (χ0n) is 15.7. The number of carbonyl (C=O) groups excluding carboxylic acids is 2. The van der Waals surface area contributed by atoms with Gasteiger partial charge in [0.05, 0.1) is 21.3 Å². The number of aromatic hydroxyl groups is 1. The molecule has 146 valence electrons. The third kappa shape index (κ3) is 3.64. The van der Waals surface area contributed by atoms with Crippen molar-refractivity contribution in [3.05, 3.63) is 59.2 Å². The summed E-state index contributed by atoms with van der Waals surface area (Å²) in [6.07, 6.45) is 2.25. The van der Waals surface area contributed by atoms with Crippen LogP contribution in [0, 0.1) is 0 Å². The van der Waals surface area contributed by atoms with E-state index in [4.69, 9.17) is 14.2 Å². The zero-order valence-corrected chi connectivity index (χ0v) is 15.7. The summed E-state index contributed by atoms with van der Waals surface area (Å²) < 4.78 is 20.7. The summed E-state index contributed by atoms with van der Waals surface area (Å²) in [6.45, 7) is 0. The van der Waals surface area contributed by atoms with Crippen LogP contribution in [0.4, 0.5) is 0 Å². The van der Waals surface area contributed by atoms with E-state index < -0.39 is 24.0 Å². The predicted molar refractivity (Wildman–Crippen MR) is 100 cm³/mol. The molecule has 2 atom stereocenters. The van der Waals surface area contributed by atoms with Gasteiger partial charge in [0.1, 0.15) is 17.8 Å². The summed E-state index contributed by atoms with van der Waals surface area (Å²) in [6, 6.07) is 10.1. The lowest BCUT2D eigenvalue weighted by Crippen LogP contribution is -2.20. The molecule has 0 aromatic heterocycles. The average Bonchev–Trinajstić information content (AvgIpc) is 3.10. The number of fused-ring (bicyclic) bond motifs is 1. The van der Waals surface area contributed by atoms with Crippen molar-refractivity contribution in [2.24, 2.45) is 0 Å². The molecular formula is C21H20O7. The molecule has 7 heteroatoms. The fraction of sp³-hybridized carbons (Fsp3) is 0.238. The lowest BCUT2D eigenvalue weighted by atomic mass is 9.90. The highest BCUT2D eigenvalue weighted by atomic mass is 16.5. The summed E-state index contributed by atoms with van der Waals surface area (Å²) in [5.74, 6) is -0.822. The second-order valence-electron chi connectivity index (χ2n) is 6.12. The van der Waals surface area contributed by atoms with Gasteiger partial charge in [0, 0.05) is 11.6 Å². The Kier molecular flexibility index (Phi) is 5.54. The van der Waals surface area contributed by atoms with Gasteiger partial charge in [-0.3, -0.25) is 4.79 Å². The molecule has 1 aliphatic heterocycles. The number of phenols is 1. The Hall–Kier alpha value is -3.48. The first kappa shape index (κ1) is 19.3. The maximum atomic E-state index is 12.5. The first-order valence-corrected chi connectivity index (χ1v) is 8.49. The van der Waals surface area contributed by atoms with E-state index in [2.05, 4.69) is 4.74 Å². The third-order valence-electron chi connectivity index (χ3n) is 4.53. The number of carbonyl (C=O) groups is 2. The molecule has 0 radical (unpaired) electrons. The van der Waals surface area contributed by atoms with Gasteiger partial charge in [-0.2, -0.15) is 0 Å². The van der Waals surface area contributed by atoms with E-state index in [0.29, 0.717) is 22.4 Å². The molecule has 2 aromatic carbocycles. The van der Waals surface area contributed by atoms with Crippen LogP contribution in [0.25, 0.3) is 6.08 Å². The van der Waals surface area contributed by atoms with Crippen LogP contribution >= 0.6 is 0 Å². The average molecular weight is 384 g/mol. The quantitative estimate of drug-likeness (QED) is 0.626. The zero-order chi connectivity index (χ0) is 20.3. The molecule has 1 N–H and O–H groups in total. The Morgan fingerprint density at radius 3 is 2.54 bits per heavy atom. The summed E-state index contributed by atoms with van der Waals surface area (Å²) >= 11 is 0. The number of hydrogen-bond acceptors (Lipinski definition) is 7. The number of benzene rings is 2. The maximum Gasteiger partial charge on any atom is 0.330 e. The van der Waals surface area contributed by atoms with Gasteiger partial charge in [0.25, 0.3) is 0 Å². The van der Waals surface area contributed by atoms with Crippen molar-refractivity contribution in [2.45, 2.75) is 12.0 Å². The van der Waals surface area contributed by atoms with Gasteiger partial charge in [0.2, 0.25) is 0 Å². The van der Waals surface area contributed by atoms with Crippen LogP contribution < -0.4 is 9.47 Å². The van der Waals surface area contributed by atoms with E-state index in [0.717, 1.165) is 0 Å². The Balaban J connectivity index is 2.01. The molecule has 28 heavy (non-hydrogen) atoms. The van der Waals surface area contributed by atoms with E-state index in [1.54, 1.807) is 36.4 Å². The molecule has 0 bridgehead atoms. The van der Waals surface area contributed by atoms with Crippen molar-refractivity contribution in [3.63, 3.8) is 0 Å². The van der Waals surface area contributed by atoms with Crippen LogP contribution in [0.1, 0.15) is 28.7 Å². The molecule has 2 aromatic rings. The molecule has 3 rings (SSSR count). The second kappa shape index (κ2) is 8.04. The third-order valence-corrected chi connectivity index (χ3v) is 4.53. The maximum absolute atomic E-state index is 12.5. The molecule has 1 aliphatic rings. The Morgan fingerprint density at radius 2 is 1.86 bits per heavy atom. The van der Waals surface area contributed by atoms with Crippen molar-refractivity contribution in [1.82, 2.24) is 0 Å².